The maximum absolute atomic E-state index is 12.8. The van der Waals surface area contributed by atoms with Gasteiger partial charge in [-0.2, -0.15) is 0 Å². The third-order valence-corrected chi connectivity index (χ3v) is 12.1. The first-order chi connectivity index (χ1) is 17.5. The number of fused-ring (bicyclic) bond motifs is 5. The van der Waals surface area contributed by atoms with Gasteiger partial charge in [0.25, 0.3) is 0 Å². The van der Waals surface area contributed by atoms with Crippen LogP contribution in [0, 0.1) is 46.3 Å². The van der Waals surface area contributed by atoms with Crippen molar-refractivity contribution >= 4 is 11.6 Å². The lowest BCUT2D eigenvalue weighted by Crippen LogP contribution is -2.58. The van der Waals surface area contributed by atoms with E-state index in [0.717, 1.165) is 37.8 Å². The van der Waals surface area contributed by atoms with Crippen LogP contribution in [0.4, 0.5) is 5.69 Å². The van der Waals surface area contributed by atoms with Crippen molar-refractivity contribution in [1.29, 1.82) is 0 Å². The summed E-state index contributed by atoms with van der Waals surface area (Å²) < 4.78 is 0. The number of nitrogens with one attached hydrogen (secondary N) is 1. The van der Waals surface area contributed by atoms with Crippen molar-refractivity contribution in [2.45, 2.75) is 117 Å². The Morgan fingerprint density at radius 3 is 2.32 bits per heavy atom. The summed E-state index contributed by atoms with van der Waals surface area (Å²) in [7, 11) is 0. The average Bonchev–Trinajstić information content (AvgIpc) is 3.21. The lowest BCUT2D eigenvalue weighted by atomic mass is 9.43. The van der Waals surface area contributed by atoms with E-state index in [1.807, 2.05) is 12.1 Å². The second-order valence-corrected chi connectivity index (χ2v) is 14.3. The summed E-state index contributed by atoms with van der Waals surface area (Å²) in [4.78, 5) is 12.8. The van der Waals surface area contributed by atoms with Crippen molar-refractivity contribution in [3.8, 4) is 0 Å². The van der Waals surface area contributed by atoms with Crippen LogP contribution in [-0.2, 0) is 4.79 Å². The molecule has 37 heavy (non-hydrogen) atoms. The fraction of sp³-hybridized carbons (Fsp3) is 0.788. The van der Waals surface area contributed by atoms with Gasteiger partial charge in [-0.05, 0) is 128 Å². The van der Waals surface area contributed by atoms with E-state index < -0.39 is 0 Å². The van der Waals surface area contributed by atoms with Gasteiger partial charge in [-0.3, -0.25) is 4.79 Å². The van der Waals surface area contributed by atoms with E-state index >= 15 is 0 Å². The highest BCUT2D eigenvalue weighted by Crippen LogP contribution is 2.68. The maximum atomic E-state index is 12.8. The van der Waals surface area contributed by atoms with Gasteiger partial charge in [-0.15, -0.1) is 0 Å². The summed E-state index contributed by atoms with van der Waals surface area (Å²) in [6, 6.07) is 8.25. The number of carbonyl (C=O) groups is 1. The Balaban J connectivity index is 1.21. The zero-order valence-corrected chi connectivity index (χ0v) is 23.9. The van der Waals surface area contributed by atoms with E-state index in [0.29, 0.717) is 47.8 Å². The molecule has 4 heteroatoms. The van der Waals surface area contributed by atoms with Gasteiger partial charge in [0.2, 0.25) is 5.91 Å². The molecule has 4 fully saturated rings. The minimum Gasteiger partial charge on any atom is -0.393 e. The van der Waals surface area contributed by atoms with Gasteiger partial charge < -0.3 is 15.5 Å². The molecule has 4 aliphatic carbocycles. The highest BCUT2D eigenvalue weighted by atomic mass is 16.3. The quantitative estimate of drug-likeness (QED) is 0.381. The summed E-state index contributed by atoms with van der Waals surface area (Å²) in [5.74, 6) is 3.80. The molecular formula is C33H51NO3. The van der Waals surface area contributed by atoms with Gasteiger partial charge in [-0.25, -0.2) is 0 Å². The zero-order chi connectivity index (χ0) is 26.5. The number of aliphatic hydroxyl groups is 2. The fourth-order valence-electron chi connectivity index (χ4n) is 9.91. The number of benzene rings is 1. The van der Waals surface area contributed by atoms with Crippen molar-refractivity contribution in [2.24, 2.45) is 46.3 Å². The topological polar surface area (TPSA) is 69.6 Å². The SMILES string of the molecule is CC(C)c1ccc(NC(=O)CC[C@@H](C)[C@@H]2CC[C@@H]3[C@H]4[C@@H](CC[C@@]32C)[C@@]2(C)CC[C@@H](O)C[C@@H]2C[C@@H]4O)cc1. The summed E-state index contributed by atoms with van der Waals surface area (Å²) in [5, 5.41) is 24.9. The van der Waals surface area contributed by atoms with Gasteiger partial charge in [0.05, 0.1) is 12.2 Å². The molecule has 0 spiro atoms. The smallest absolute Gasteiger partial charge is 0.224 e. The first kappa shape index (κ1) is 27.2. The minimum absolute atomic E-state index is 0.119. The third kappa shape index (κ3) is 4.91. The van der Waals surface area contributed by atoms with Crippen LogP contribution in [0.15, 0.2) is 24.3 Å². The number of rotatable bonds is 6. The predicted molar refractivity (Wildman–Crippen MR) is 150 cm³/mol. The molecule has 0 saturated heterocycles. The predicted octanol–water partition coefficient (Wildman–Crippen LogP) is 7.16. The lowest BCUT2D eigenvalue weighted by Gasteiger charge is -2.62. The summed E-state index contributed by atoms with van der Waals surface area (Å²) in [6.45, 7) is 11.7. The van der Waals surface area contributed by atoms with Crippen LogP contribution in [0.3, 0.4) is 0 Å². The molecule has 0 radical (unpaired) electrons. The monoisotopic (exact) mass is 509 g/mol. The Labute approximate surface area is 225 Å². The normalized spacial score (nSPS) is 42.0. The molecular weight excluding hydrogens is 458 g/mol. The summed E-state index contributed by atoms with van der Waals surface area (Å²) >= 11 is 0. The van der Waals surface area contributed by atoms with Gasteiger partial charge >= 0.3 is 0 Å². The number of amides is 1. The van der Waals surface area contributed by atoms with Crippen molar-refractivity contribution in [3.63, 3.8) is 0 Å². The Hall–Kier alpha value is -1.39. The Morgan fingerprint density at radius 1 is 0.946 bits per heavy atom. The van der Waals surface area contributed by atoms with Gasteiger partial charge in [0.15, 0.2) is 0 Å². The van der Waals surface area contributed by atoms with Crippen LogP contribution in [-0.4, -0.2) is 28.3 Å². The van der Waals surface area contributed by atoms with Gasteiger partial charge in [0, 0.05) is 12.1 Å². The molecule has 0 aromatic heterocycles. The van der Waals surface area contributed by atoms with Crippen LogP contribution >= 0.6 is 0 Å². The molecule has 1 aromatic carbocycles. The van der Waals surface area contributed by atoms with E-state index in [2.05, 4.69) is 52.1 Å². The van der Waals surface area contributed by atoms with Crippen molar-refractivity contribution < 1.29 is 15.0 Å². The molecule has 4 saturated carbocycles. The van der Waals surface area contributed by atoms with Crippen LogP contribution in [0.1, 0.15) is 110 Å². The molecule has 1 amide bonds. The third-order valence-electron chi connectivity index (χ3n) is 12.1. The zero-order valence-electron chi connectivity index (χ0n) is 23.9. The largest absolute Gasteiger partial charge is 0.393 e. The fourth-order valence-corrected chi connectivity index (χ4v) is 9.91. The van der Waals surface area contributed by atoms with E-state index in [1.165, 1.54) is 31.2 Å². The van der Waals surface area contributed by atoms with Gasteiger partial charge in [-0.1, -0.05) is 46.8 Å². The number of aliphatic hydroxyl groups excluding tert-OH is 2. The first-order valence-corrected chi connectivity index (χ1v) is 15.3. The second kappa shape index (κ2) is 10.3. The molecule has 1 aromatic rings. The number of carbonyl (C=O) groups excluding carboxylic acids is 1. The van der Waals surface area contributed by atoms with Crippen LogP contribution in [0.5, 0.6) is 0 Å². The van der Waals surface area contributed by atoms with E-state index in [9.17, 15) is 15.0 Å². The standard InChI is InChI=1S/C33H51NO3/c1-20(2)22-7-9-24(10-8-22)34-30(37)13-6-21(3)26-11-12-27-31-28(15-17-33(26,27)5)32(4)16-14-25(35)18-23(32)19-29(31)36/h7-10,20-21,23,25-29,31,35-36H,6,11-19H2,1-5H3,(H,34,37)/t21-,23-,25-,26+,27-,28-,29+,31+,32+,33-/m1/s1. The molecule has 0 bridgehead atoms. The second-order valence-electron chi connectivity index (χ2n) is 14.3. The molecule has 0 unspecified atom stereocenters. The molecule has 4 aliphatic rings. The summed E-state index contributed by atoms with van der Waals surface area (Å²) in [6.07, 6.45) is 9.82. The molecule has 3 N–H and O–H groups in total. The van der Waals surface area contributed by atoms with Crippen molar-refractivity contribution in [3.05, 3.63) is 29.8 Å². The highest BCUT2D eigenvalue weighted by molar-refractivity contribution is 5.90. The van der Waals surface area contributed by atoms with E-state index in [4.69, 9.17) is 0 Å². The van der Waals surface area contributed by atoms with Crippen molar-refractivity contribution in [2.75, 3.05) is 5.32 Å². The Morgan fingerprint density at radius 2 is 1.62 bits per heavy atom. The lowest BCUT2D eigenvalue weighted by molar-refractivity contribution is -0.174. The first-order valence-electron chi connectivity index (χ1n) is 15.3. The minimum atomic E-state index is -0.222. The Bertz CT molecular complexity index is 959. The molecule has 4 nitrogen and oxygen atoms in total. The average molecular weight is 510 g/mol. The molecule has 0 aliphatic heterocycles. The van der Waals surface area contributed by atoms with E-state index in [-0.39, 0.29) is 28.9 Å². The highest BCUT2D eigenvalue weighted by Gasteiger charge is 2.62. The number of hydrogen-bond acceptors (Lipinski definition) is 3. The number of anilines is 1. The molecule has 206 valence electrons. The van der Waals surface area contributed by atoms with Crippen LogP contribution in [0.2, 0.25) is 0 Å². The maximum Gasteiger partial charge on any atom is 0.224 e. The summed E-state index contributed by atoms with van der Waals surface area (Å²) in [5.41, 5.74) is 2.72. The molecule has 0 heterocycles. The number of hydrogen-bond donors (Lipinski definition) is 3. The van der Waals surface area contributed by atoms with Crippen LogP contribution in [0.25, 0.3) is 0 Å². The van der Waals surface area contributed by atoms with Gasteiger partial charge in [0.1, 0.15) is 0 Å². The van der Waals surface area contributed by atoms with Crippen LogP contribution < -0.4 is 5.32 Å². The van der Waals surface area contributed by atoms with Crippen molar-refractivity contribution in [1.82, 2.24) is 0 Å². The molecule has 5 rings (SSSR count). The Kier molecular flexibility index (Phi) is 7.57. The van der Waals surface area contributed by atoms with E-state index in [1.54, 1.807) is 0 Å². The molecule has 10 atom stereocenters.